The zero-order valence-electron chi connectivity index (χ0n) is 11.7. The summed E-state index contributed by atoms with van der Waals surface area (Å²) in [5, 5.41) is 3.30. The molecule has 0 radical (unpaired) electrons. The van der Waals surface area contributed by atoms with Crippen molar-refractivity contribution in [3.05, 3.63) is 29.4 Å². The minimum absolute atomic E-state index is 0.147. The highest BCUT2D eigenvalue weighted by Crippen LogP contribution is 2.27. The van der Waals surface area contributed by atoms with E-state index in [0.717, 1.165) is 18.6 Å². The van der Waals surface area contributed by atoms with Crippen LogP contribution >= 0.6 is 11.6 Å². The van der Waals surface area contributed by atoms with Gasteiger partial charge in [-0.05, 0) is 43.0 Å². The van der Waals surface area contributed by atoms with Crippen LogP contribution in [0.5, 0.6) is 6.01 Å². The SMILES string of the molecule is Clc1nc(NCc2ccco2)c2nc(OC3CCC3)[nH]c2n1. The summed E-state index contributed by atoms with van der Waals surface area (Å²) in [4.78, 5) is 15.8. The number of hydrogen-bond acceptors (Lipinski definition) is 6. The number of nitrogens with zero attached hydrogens (tertiary/aromatic N) is 3. The molecule has 4 rings (SSSR count). The van der Waals surface area contributed by atoms with Crippen molar-refractivity contribution in [2.45, 2.75) is 31.9 Å². The van der Waals surface area contributed by atoms with Crippen LogP contribution < -0.4 is 10.1 Å². The number of anilines is 1. The van der Waals surface area contributed by atoms with E-state index in [9.17, 15) is 0 Å². The predicted octanol–water partition coefficient (Wildman–Crippen LogP) is 3.14. The molecule has 114 valence electrons. The second-order valence-corrected chi connectivity index (χ2v) is 5.52. The first kappa shape index (κ1) is 13.4. The van der Waals surface area contributed by atoms with E-state index in [0.29, 0.717) is 29.5 Å². The Morgan fingerprint density at radius 1 is 1.36 bits per heavy atom. The van der Waals surface area contributed by atoms with Gasteiger partial charge in [-0.2, -0.15) is 15.0 Å². The van der Waals surface area contributed by atoms with Crippen LogP contribution in [0.3, 0.4) is 0 Å². The minimum Gasteiger partial charge on any atom is -0.467 e. The first-order valence-electron chi connectivity index (χ1n) is 7.14. The van der Waals surface area contributed by atoms with Crippen LogP contribution in [-0.4, -0.2) is 26.0 Å². The Balaban J connectivity index is 1.60. The van der Waals surface area contributed by atoms with Crippen LogP contribution in [-0.2, 0) is 6.54 Å². The summed E-state index contributed by atoms with van der Waals surface area (Å²) >= 11 is 5.96. The molecule has 0 aromatic carbocycles. The molecule has 0 spiro atoms. The van der Waals surface area contributed by atoms with Crippen LogP contribution in [0, 0.1) is 0 Å². The average Bonchev–Trinajstić information content (AvgIpc) is 3.09. The molecule has 0 bridgehead atoms. The summed E-state index contributed by atoms with van der Waals surface area (Å²) in [6.45, 7) is 0.487. The van der Waals surface area contributed by atoms with E-state index in [1.807, 2.05) is 12.1 Å². The lowest BCUT2D eigenvalue weighted by Crippen LogP contribution is -2.24. The van der Waals surface area contributed by atoms with Crippen molar-refractivity contribution in [1.29, 1.82) is 0 Å². The number of hydrogen-bond donors (Lipinski definition) is 2. The Hall–Kier alpha value is -2.28. The van der Waals surface area contributed by atoms with E-state index in [1.54, 1.807) is 6.26 Å². The van der Waals surface area contributed by atoms with Crippen molar-refractivity contribution >= 4 is 28.6 Å². The van der Waals surface area contributed by atoms with Crippen molar-refractivity contribution in [2.24, 2.45) is 0 Å². The summed E-state index contributed by atoms with van der Waals surface area (Å²) in [5.74, 6) is 1.34. The van der Waals surface area contributed by atoms with Gasteiger partial charge in [0.05, 0.1) is 12.8 Å². The van der Waals surface area contributed by atoms with Crippen molar-refractivity contribution < 1.29 is 9.15 Å². The van der Waals surface area contributed by atoms with Crippen molar-refractivity contribution in [3.8, 4) is 6.01 Å². The number of halogens is 1. The van der Waals surface area contributed by atoms with Gasteiger partial charge in [0.25, 0.3) is 6.01 Å². The van der Waals surface area contributed by atoms with Gasteiger partial charge in [-0.15, -0.1) is 0 Å². The Morgan fingerprint density at radius 2 is 2.27 bits per heavy atom. The molecule has 0 aliphatic heterocycles. The number of ether oxygens (including phenoxy) is 1. The maximum atomic E-state index is 5.96. The fraction of sp³-hybridized carbons (Fsp3) is 0.357. The van der Waals surface area contributed by atoms with Gasteiger partial charge < -0.3 is 14.5 Å². The average molecular weight is 320 g/mol. The molecule has 2 N–H and O–H groups in total. The lowest BCUT2D eigenvalue weighted by Gasteiger charge is -2.24. The molecule has 3 aromatic rings. The van der Waals surface area contributed by atoms with Gasteiger partial charge in [0, 0.05) is 0 Å². The van der Waals surface area contributed by atoms with E-state index >= 15 is 0 Å². The molecule has 1 aliphatic carbocycles. The van der Waals surface area contributed by atoms with E-state index in [-0.39, 0.29) is 11.4 Å². The highest BCUT2D eigenvalue weighted by molar-refractivity contribution is 6.28. The van der Waals surface area contributed by atoms with Crippen LogP contribution in [0.1, 0.15) is 25.0 Å². The summed E-state index contributed by atoms with van der Waals surface area (Å²) in [6.07, 6.45) is 5.19. The van der Waals surface area contributed by atoms with Gasteiger partial charge in [0.2, 0.25) is 5.28 Å². The van der Waals surface area contributed by atoms with Crippen LogP contribution in [0.15, 0.2) is 22.8 Å². The standard InChI is InChI=1S/C14H14ClN5O2/c15-13-18-11(16-7-9-5-2-6-21-9)10-12(19-13)20-14(17-10)22-8-3-1-4-8/h2,5-6,8H,1,3-4,7H2,(H2,16,17,18,19,20). The lowest BCUT2D eigenvalue weighted by atomic mass is 9.96. The Bertz CT molecular complexity index is 782. The molecular formula is C14H14ClN5O2. The summed E-state index contributed by atoms with van der Waals surface area (Å²) in [6, 6.07) is 4.17. The highest BCUT2D eigenvalue weighted by atomic mass is 35.5. The molecule has 7 nitrogen and oxygen atoms in total. The molecule has 0 unspecified atom stereocenters. The molecule has 8 heteroatoms. The molecule has 3 aromatic heterocycles. The lowest BCUT2D eigenvalue weighted by molar-refractivity contribution is 0.110. The zero-order chi connectivity index (χ0) is 14.9. The number of furan rings is 1. The summed E-state index contributed by atoms with van der Waals surface area (Å²) < 4.78 is 11.0. The van der Waals surface area contributed by atoms with Gasteiger partial charge in [-0.1, -0.05) is 0 Å². The number of aromatic nitrogens is 4. The quantitative estimate of drug-likeness (QED) is 0.702. The van der Waals surface area contributed by atoms with Crippen molar-refractivity contribution in [2.75, 3.05) is 5.32 Å². The number of rotatable bonds is 5. The summed E-state index contributed by atoms with van der Waals surface area (Å²) in [7, 11) is 0. The molecule has 1 aliphatic rings. The Kier molecular flexibility index (Phi) is 3.34. The van der Waals surface area contributed by atoms with Gasteiger partial charge in [0.1, 0.15) is 11.9 Å². The van der Waals surface area contributed by atoms with Gasteiger partial charge in [0.15, 0.2) is 17.0 Å². The second-order valence-electron chi connectivity index (χ2n) is 5.18. The molecule has 0 saturated heterocycles. The van der Waals surface area contributed by atoms with E-state index < -0.39 is 0 Å². The first-order chi connectivity index (χ1) is 10.8. The number of H-pyrrole nitrogens is 1. The van der Waals surface area contributed by atoms with Crippen LogP contribution in [0.25, 0.3) is 11.2 Å². The molecule has 22 heavy (non-hydrogen) atoms. The monoisotopic (exact) mass is 319 g/mol. The molecule has 1 saturated carbocycles. The fourth-order valence-electron chi connectivity index (χ4n) is 2.26. The summed E-state index contributed by atoms with van der Waals surface area (Å²) in [5.41, 5.74) is 1.15. The predicted molar refractivity (Wildman–Crippen MR) is 81.0 cm³/mol. The third kappa shape index (κ3) is 2.59. The van der Waals surface area contributed by atoms with Gasteiger partial charge in [-0.25, -0.2) is 0 Å². The van der Waals surface area contributed by atoms with Gasteiger partial charge >= 0.3 is 0 Å². The number of fused-ring (bicyclic) bond motifs is 1. The van der Waals surface area contributed by atoms with Crippen LogP contribution in [0.4, 0.5) is 5.82 Å². The number of aromatic amines is 1. The normalized spacial score (nSPS) is 15.0. The van der Waals surface area contributed by atoms with Crippen molar-refractivity contribution in [1.82, 2.24) is 19.9 Å². The topological polar surface area (TPSA) is 88.9 Å². The van der Waals surface area contributed by atoms with Crippen molar-refractivity contribution in [3.63, 3.8) is 0 Å². The third-order valence-electron chi connectivity index (χ3n) is 3.64. The maximum Gasteiger partial charge on any atom is 0.296 e. The molecular weight excluding hydrogens is 306 g/mol. The minimum atomic E-state index is 0.147. The zero-order valence-corrected chi connectivity index (χ0v) is 12.4. The maximum absolute atomic E-state index is 5.96. The highest BCUT2D eigenvalue weighted by Gasteiger charge is 2.21. The largest absolute Gasteiger partial charge is 0.467 e. The Labute approximate surface area is 131 Å². The molecule has 3 heterocycles. The second kappa shape index (κ2) is 5.49. The molecule has 0 atom stereocenters. The van der Waals surface area contributed by atoms with E-state index in [1.165, 1.54) is 6.42 Å². The molecule has 0 amide bonds. The number of nitrogens with one attached hydrogen (secondary N) is 2. The first-order valence-corrected chi connectivity index (χ1v) is 7.52. The molecule has 1 fully saturated rings. The van der Waals surface area contributed by atoms with Crippen LogP contribution in [0.2, 0.25) is 5.28 Å². The van der Waals surface area contributed by atoms with Gasteiger partial charge in [-0.3, -0.25) is 4.98 Å². The van der Waals surface area contributed by atoms with E-state index in [2.05, 4.69) is 25.3 Å². The third-order valence-corrected chi connectivity index (χ3v) is 3.81. The number of imidazole rings is 1. The fourth-order valence-corrected chi connectivity index (χ4v) is 2.43. The smallest absolute Gasteiger partial charge is 0.296 e. The Morgan fingerprint density at radius 3 is 3.00 bits per heavy atom. The van der Waals surface area contributed by atoms with E-state index in [4.69, 9.17) is 20.8 Å².